The molecule has 5 atom stereocenters. The summed E-state index contributed by atoms with van der Waals surface area (Å²) in [5, 5.41) is 14.1. The quantitative estimate of drug-likeness (QED) is 0.135. The van der Waals surface area contributed by atoms with Crippen molar-refractivity contribution in [1.29, 1.82) is 0 Å². The fourth-order valence-corrected chi connectivity index (χ4v) is 9.03. The average Bonchev–Trinajstić information content (AvgIpc) is 3.51. The van der Waals surface area contributed by atoms with E-state index in [1.54, 1.807) is 6.08 Å². The van der Waals surface area contributed by atoms with E-state index in [9.17, 15) is 9.90 Å². The van der Waals surface area contributed by atoms with Crippen molar-refractivity contribution in [3.63, 3.8) is 0 Å². The Labute approximate surface area is 288 Å². The standard InChI is InChI=1S/C44H55NO3/c1-3-4-5-6-7-11-27-45-42(47)23-21-33-18-16-32(17-19-33)20-22-35-28-36-29-41(48-31-34-13-9-8-10-14-34)40(46)30-38(36)37-24-26-44(2)25-12-15-39(44)43(35)37/h8-10,13-14,16-23,29-30,35,37,39,43,46H,3-7,11-12,15,24-28,31H2,1-2H3,(H,45,47)/t35-,37?,39?,43?,44+/m1/s1. The molecule has 3 unspecified atom stereocenters. The Bertz CT molecular complexity index is 1560. The third-order valence-corrected chi connectivity index (χ3v) is 11.7. The molecule has 0 aliphatic heterocycles. The third-order valence-electron chi connectivity index (χ3n) is 11.7. The number of aromatic hydroxyl groups is 1. The summed E-state index contributed by atoms with van der Waals surface area (Å²) < 4.78 is 6.16. The lowest BCUT2D eigenvalue weighted by molar-refractivity contribution is -0.116. The molecule has 1 amide bonds. The molecule has 2 fully saturated rings. The summed E-state index contributed by atoms with van der Waals surface area (Å²) in [6.45, 7) is 5.96. The lowest BCUT2D eigenvalue weighted by Crippen LogP contribution is -2.43. The maximum Gasteiger partial charge on any atom is 0.243 e. The number of carbonyl (C=O) groups excluding carboxylic acids is 1. The molecule has 3 aliphatic carbocycles. The molecule has 2 saturated carbocycles. The molecule has 3 aliphatic rings. The van der Waals surface area contributed by atoms with E-state index in [2.05, 4.69) is 73.8 Å². The predicted octanol–water partition coefficient (Wildman–Crippen LogP) is 10.6. The molecule has 0 heterocycles. The largest absolute Gasteiger partial charge is 0.504 e. The molecule has 48 heavy (non-hydrogen) atoms. The number of rotatable bonds is 14. The number of amides is 1. The molecule has 254 valence electrons. The van der Waals surface area contributed by atoms with Crippen LogP contribution in [0.3, 0.4) is 0 Å². The van der Waals surface area contributed by atoms with Gasteiger partial charge < -0.3 is 15.2 Å². The number of nitrogens with one attached hydrogen (secondary N) is 1. The molecule has 0 bridgehead atoms. The zero-order valence-corrected chi connectivity index (χ0v) is 29.1. The minimum absolute atomic E-state index is 0.0204. The molecule has 3 aromatic carbocycles. The Kier molecular flexibility index (Phi) is 11.4. The zero-order valence-electron chi connectivity index (χ0n) is 29.1. The number of carbonyl (C=O) groups is 1. The number of allylic oxidation sites excluding steroid dienone is 1. The Morgan fingerprint density at radius 1 is 0.938 bits per heavy atom. The van der Waals surface area contributed by atoms with Crippen molar-refractivity contribution in [2.24, 2.45) is 23.2 Å². The first-order chi connectivity index (χ1) is 23.4. The van der Waals surface area contributed by atoms with Crippen molar-refractivity contribution in [3.05, 3.63) is 107 Å². The first-order valence-electron chi connectivity index (χ1n) is 18.7. The number of fused-ring (bicyclic) bond motifs is 5. The van der Waals surface area contributed by atoms with E-state index in [-0.39, 0.29) is 11.7 Å². The minimum atomic E-state index is -0.0204. The van der Waals surface area contributed by atoms with Crippen LogP contribution in [0.2, 0.25) is 0 Å². The van der Waals surface area contributed by atoms with E-state index in [4.69, 9.17) is 4.74 Å². The van der Waals surface area contributed by atoms with Crippen LogP contribution in [-0.2, 0) is 17.8 Å². The van der Waals surface area contributed by atoms with Crippen LogP contribution < -0.4 is 10.1 Å². The molecule has 0 radical (unpaired) electrons. The maximum atomic E-state index is 12.3. The van der Waals surface area contributed by atoms with Crippen LogP contribution in [-0.4, -0.2) is 17.6 Å². The second kappa shape index (κ2) is 16.1. The third kappa shape index (κ3) is 8.25. The average molecular weight is 646 g/mol. The highest BCUT2D eigenvalue weighted by Crippen LogP contribution is 2.62. The Balaban J connectivity index is 1.13. The van der Waals surface area contributed by atoms with E-state index < -0.39 is 0 Å². The molecule has 2 N–H and O–H groups in total. The Morgan fingerprint density at radius 2 is 1.69 bits per heavy atom. The van der Waals surface area contributed by atoms with Crippen LogP contribution in [0, 0.1) is 23.2 Å². The summed E-state index contributed by atoms with van der Waals surface area (Å²) in [5.41, 5.74) is 6.41. The number of unbranched alkanes of at least 4 members (excludes halogenated alkanes) is 5. The summed E-state index contributed by atoms with van der Waals surface area (Å²) in [6, 6.07) is 22.8. The number of hydrogen-bond donors (Lipinski definition) is 2. The number of hydrogen-bond acceptors (Lipinski definition) is 3. The summed E-state index contributed by atoms with van der Waals surface area (Å²) in [7, 11) is 0. The molecule has 3 aromatic rings. The van der Waals surface area contributed by atoms with Crippen LogP contribution in [0.5, 0.6) is 11.5 Å². The SMILES string of the molecule is CCCCCCCCNC(=O)C=Cc1ccc(C=C[C@@H]2Cc3cc(OCc4ccccc4)c(O)cc3C3CC[C@]4(C)CCCC4C32)cc1. The first-order valence-corrected chi connectivity index (χ1v) is 18.7. The summed E-state index contributed by atoms with van der Waals surface area (Å²) in [4.78, 5) is 12.3. The molecule has 0 aromatic heterocycles. The van der Waals surface area contributed by atoms with Gasteiger partial charge in [0.2, 0.25) is 5.91 Å². The van der Waals surface area contributed by atoms with Crippen LogP contribution in [0.4, 0.5) is 0 Å². The highest BCUT2D eigenvalue weighted by molar-refractivity contribution is 5.91. The topological polar surface area (TPSA) is 58.6 Å². The fraction of sp³-hybridized carbons (Fsp3) is 0.477. The van der Waals surface area contributed by atoms with Crippen molar-refractivity contribution >= 4 is 18.1 Å². The van der Waals surface area contributed by atoms with Gasteiger partial charge >= 0.3 is 0 Å². The first kappa shape index (κ1) is 34.1. The smallest absolute Gasteiger partial charge is 0.243 e. The van der Waals surface area contributed by atoms with Crippen LogP contribution in [0.25, 0.3) is 12.2 Å². The van der Waals surface area contributed by atoms with Crippen molar-refractivity contribution in [2.75, 3.05) is 6.54 Å². The van der Waals surface area contributed by atoms with Crippen LogP contribution in [0.1, 0.15) is 118 Å². The van der Waals surface area contributed by atoms with Crippen LogP contribution in [0.15, 0.2) is 78.9 Å². The van der Waals surface area contributed by atoms with E-state index in [1.165, 1.54) is 80.9 Å². The van der Waals surface area contributed by atoms with Gasteiger partial charge in [-0.1, -0.05) is 119 Å². The lowest BCUT2D eigenvalue weighted by atomic mass is 9.53. The second-order valence-electron chi connectivity index (χ2n) is 15.0. The highest BCUT2D eigenvalue weighted by atomic mass is 16.5. The number of ether oxygens (including phenoxy) is 1. The summed E-state index contributed by atoms with van der Waals surface area (Å²) >= 11 is 0. The highest BCUT2D eigenvalue weighted by Gasteiger charge is 2.52. The monoisotopic (exact) mass is 645 g/mol. The van der Waals surface area contributed by atoms with E-state index in [0.717, 1.165) is 36.4 Å². The zero-order chi connectivity index (χ0) is 33.3. The van der Waals surface area contributed by atoms with Crippen LogP contribution >= 0.6 is 0 Å². The maximum absolute atomic E-state index is 12.3. The van der Waals surface area contributed by atoms with Crippen molar-refractivity contribution in [3.8, 4) is 11.5 Å². The van der Waals surface area contributed by atoms with Gasteiger partial charge in [-0.3, -0.25) is 4.79 Å². The molecular formula is C44H55NO3. The van der Waals surface area contributed by atoms with Crippen molar-refractivity contribution < 1.29 is 14.6 Å². The Hall–Kier alpha value is -3.79. The van der Waals surface area contributed by atoms with E-state index >= 15 is 0 Å². The molecule has 6 rings (SSSR count). The number of phenolic OH excluding ortho intramolecular Hbond substituents is 1. The minimum Gasteiger partial charge on any atom is -0.504 e. The normalized spacial score (nSPS) is 24.7. The fourth-order valence-electron chi connectivity index (χ4n) is 9.03. The van der Waals surface area contributed by atoms with E-state index in [1.807, 2.05) is 30.3 Å². The van der Waals surface area contributed by atoms with Gasteiger partial charge in [0.25, 0.3) is 0 Å². The van der Waals surface area contributed by atoms with Gasteiger partial charge in [-0.2, -0.15) is 0 Å². The molecular weight excluding hydrogens is 590 g/mol. The number of benzene rings is 3. The number of phenols is 1. The van der Waals surface area contributed by atoms with Gasteiger partial charge in [0.05, 0.1) is 0 Å². The molecule has 0 spiro atoms. The molecule has 4 nitrogen and oxygen atoms in total. The summed E-state index contributed by atoms with van der Waals surface area (Å²) in [6.07, 6.45) is 23.1. The Morgan fingerprint density at radius 3 is 2.48 bits per heavy atom. The lowest BCUT2D eigenvalue weighted by Gasteiger charge is -2.52. The second-order valence-corrected chi connectivity index (χ2v) is 15.0. The molecule has 4 heteroatoms. The van der Waals surface area contributed by atoms with Gasteiger partial charge in [-0.15, -0.1) is 0 Å². The van der Waals surface area contributed by atoms with Gasteiger partial charge in [-0.25, -0.2) is 0 Å². The van der Waals surface area contributed by atoms with Crippen molar-refractivity contribution in [1.82, 2.24) is 5.32 Å². The van der Waals surface area contributed by atoms with Gasteiger partial charge in [0.1, 0.15) is 6.61 Å². The van der Waals surface area contributed by atoms with Gasteiger partial charge in [0.15, 0.2) is 11.5 Å². The molecule has 0 saturated heterocycles. The van der Waals surface area contributed by atoms with Gasteiger partial charge in [0, 0.05) is 12.6 Å². The van der Waals surface area contributed by atoms with E-state index in [0.29, 0.717) is 35.5 Å². The van der Waals surface area contributed by atoms with Crippen molar-refractivity contribution in [2.45, 2.75) is 103 Å². The van der Waals surface area contributed by atoms with Gasteiger partial charge in [-0.05, 0) is 114 Å². The summed E-state index contributed by atoms with van der Waals surface area (Å²) in [5.74, 6) is 3.03. The predicted molar refractivity (Wildman–Crippen MR) is 198 cm³/mol.